The lowest BCUT2D eigenvalue weighted by atomic mass is 10.0. The summed E-state index contributed by atoms with van der Waals surface area (Å²) in [7, 11) is 0. The molecule has 1 heterocycles. The molecule has 1 aliphatic rings. The van der Waals surface area contributed by atoms with Crippen LogP contribution in [-0.4, -0.2) is 36.1 Å². The topological polar surface area (TPSA) is 39.1 Å². The maximum atomic E-state index is 9.11. The standard InChI is InChI=1S/C10H19N3/c1-4-12-10(7-11)5-6-13(8-10)9(2)3/h9,12H,4-6,8H2,1-3H3. The molecule has 0 aromatic rings. The van der Waals surface area contributed by atoms with Crippen molar-refractivity contribution in [2.75, 3.05) is 19.6 Å². The van der Waals surface area contributed by atoms with Crippen LogP contribution in [0, 0.1) is 11.3 Å². The smallest absolute Gasteiger partial charge is 0.120 e. The van der Waals surface area contributed by atoms with Crippen molar-refractivity contribution in [3.05, 3.63) is 0 Å². The minimum absolute atomic E-state index is 0.279. The summed E-state index contributed by atoms with van der Waals surface area (Å²) in [6.07, 6.45) is 0.954. The average molecular weight is 181 g/mol. The molecule has 1 aliphatic heterocycles. The maximum Gasteiger partial charge on any atom is 0.120 e. The van der Waals surface area contributed by atoms with Crippen molar-refractivity contribution >= 4 is 0 Å². The van der Waals surface area contributed by atoms with E-state index in [2.05, 4.69) is 37.1 Å². The first-order valence-corrected chi connectivity index (χ1v) is 5.04. The molecule has 1 atom stereocenters. The van der Waals surface area contributed by atoms with E-state index in [-0.39, 0.29) is 5.54 Å². The van der Waals surface area contributed by atoms with Crippen LogP contribution in [0.5, 0.6) is 0 Å². The Morgan fingerprint density at radius 2 is 2.31 bits per heavy atom. The Balaban J connectivity index is 2.59. The zero-order valence-corrected chi connectivity index (χ0v) is 8.80. The first-order chi connectivity index (χ1) is 6.13. The Bertz CT molecular complexity index is 207. The number of rotatable bonds is 3. The Morgan fingerprint density at radius 3 is 2.69 bits per heavy atom. The normalized spacial score (nSPS) is 29.5. The molecule has 0 amide bonds. The molecule has 0 aliphatic carbocycles. The quantitative estimate of drug-likeness (QED) is 0.705. The van der Waals surface area contributed by atoms with Gasteiger partial charge in [-0.15, -0.1) is 0 Å². The first kappa shape index (κ1) is 10.5. The molecule has 0 radical (unpaired) electrons. The van der Waals surface area contributed by atoms with Gasteiger partial charge in [0.25, 0.3) is 0 Å². The van der Waals surface area contributed by atoms with Crippen molar-refractivity contribution in [3.8, 4) is 6.07 Å². The molecule has 0 saturated carbocycles. The van der Waals surface area contributed by atoms with Gasteiger partial charge in [-0.2, -0.15) is 5.26 Å². The molecule has 1 N–H and O–H groups in total. The van der Waals surface area contributed by atoms with Crippen LogP contribution in [0.2, 0.25) is 0 Å². The summed E-state index contributed by atoms with van der Waals surface area (Å²) in [4.78, 5) is 2.35. The summed E-state index contributed by atoms with van der Waals surface area (Å²) in [5.74, 6) is 0. The number of likely N-dealkylation sites (N-methyl/N-ethyl adjacent to an activating group) is 1. The fourth-order valence-corrected chi connectivity index (χ4v) is 1.89. The number of nitriles is 1. The number of nitrogens with one attached hydrogen (secondary N) is 1. The van der Waals surface area contributed by atoms with Gasteiger partial charge in [0.15, 0.2) is 0 Å². The van der Waals surface area contributed by atoms with Crippen LogP contribution in [0.1, 0.15) is 27.2 Å². The molecule has 0 aromatic carbocycles. The third-order valence-electron chi connectivity index (χ3n) is 2.76. The van der Waals surface area contributed by atoms with Crippen molar-refractivity contribution in [1.82, 2.24) is 10.2 Å². The van der Waals surface area contributed by atoms with Gasteiger partial charge in [0.05, 0.1) is 6.07 Å². The summed E-state index contributed by atoms with van der Waals surface area (Å²) in [5.41, 5.74) is -0.279. The van der Waals surface area contributed by atoms with Gasteiger partial charge in [-0.3, -0.25) is 10.2 Å². The fourth-order valence-electron chi connectivity index (χ4n) is 1.89. The third-order valence-corrected chi connectivity index (χ3v) is 2.76. The highest BCUT2D eigenvalue weighted by Crippen LogP contribution is 2.22. The first-order valence-electron chi connectivity index (χ1n) is 5.04. The van der Waals surface area contributed by atoms with Gasteiger partial charge in [0, 0.05) is 19.1 Å². The molecular weight excluding hydrogens is 162 g/mol. The number of hydrogen-bond acceptors (Lipinski definition) is 3. The lowest BCUT2D eigenvalue weighted by Gasteiger charge is -2.24. The Labute approximate surface area is 80.7 Å². The van der Waals surface area contributed by atoms with E-state index in [9.17, 15) is 0 Å². The third kappa shape index (κ3) is 2.20. The molecule has 13 heavy (non-hydrogen) atoms. The van der Waals surface area contributed by atoms with Gasteiger partial charge in [0.1, 0.15) is 5.54 Å². The molecule has 74 valence electrons. The van der Waals surface area contributed by atoms with E-state index in [1.807, 2.05) is 0 Å². The maximum absolute atomic E-state index is 9.11. The number of likely N-dealkylation sites (tertiary alicyclic amines) is 1. The summed E-state index contributed by atoms with van der Waals surface area (Å²) in [5, 5.41) is 12.4. The van der Waals surface area contributed by atoms with Crippen LogP contribution in [0.15, 0.2) is 0 Å². The molecule has 0 aromatic heterocycles. The molecule has 0 bridgehead atoms. The molecule has 0 spiro atoms. The van der Waals surface area contributed by atoms with E-state index in [1.165, 1.54) is 0 Å². The van der Waals surface area contributed by atoms with Crippen molar-refractivity contribution in [2.45, 2.75) is 38.8 Å². The highest BCUT2D eigenvalue weighted by Gasteiger charge is 2.38. The zero-order valence-electron chi connectivity index (χ0n) is 8.80. The van der Waals surface area contributed by atoms with Crippen molar-refractivity contribution in [2.24, 2.45) is 0 Å². The lowest BCUT2D eigenvalue weighted by molar-refractivity contribution is 0.258. The molecule has 3 heteroatoms. The highest BCUT2D eigenvalue weighted by atomic mass is 15.2. The van der Waals surface area contributed by atoms with Gasteiger partial charge in [-0.1, -0.05) is 6.92 Å². The van der Waals surface area contributed by atoms with E-state index in [0.717, 1.165) is 26.1 Å². The second-order valence-electron chi connectivity index (χ2n) is 4.04. The Morgan fingerprint density at radius 1 is 1.62 bits per heavy atom. The minimum atomic E-state index is -0.279. The Hall–Kier alpha value is -0.590. The second kappa shape index (κ2) is 4.08. The highest BCUT2D eigenvalue weighted by molar-refractivity contribution is 5.12. The van der Waals surface area contributed by atoms with E-state index in [0.29, 0.717) is 6.04 Å². The summed E-state index contributed by atoms with van der Waals surface area (Å²) >= 11 is 0. The van der Waals surface area contributed by atoms with Crippen LogP contribution in [0.4, 0.5) is 0 Å². The van der Waals surface area contributed by atoms with Crippen LogP contribution >= 0.6 is 0 Å². The van der Waals surface area contributed by atoms with Crippen molar-refractivity contribution < 1.29 is 0 Å². The van der Waals surface area contributed by atoms with Crippen LogP contribution in [-0.2, 0) is 0 Å². The van der Waals surface area contributed by atoms with Gasteiger partial charge in [-0.25, -0.2) is 0 Å². The average Bonchev–Trinajstić information content (AvgIpc) is 2.51. The molecule has 1 saturated heterocycles. The molecule has 3 nitrogen and oxygen atoms in total. The summed E-state index contributed by atoms with van der Waals surface area (Å²) in [6.45, 7) is 9.20. The van der Waals surface area contributed by atoms with Gasteiger partial charge < -0.3 is 0 Å². The predicted octanol–water partition coefficient (Wildman–Crippen LogP) is 0.972. The summed E-state index contributed by atoms with van der Waals surface area (Å²) < 4.78 is 0. The monoisotopic (exact) mass is 181 g/mol. The predicted molar refractivity (Wildman–Crippen MR) is 53.3 cm³/mol. The van der Waals surface area contributed by atoms with E-state index < -0.39 is 0 Å². The van der Waals surface area contributed by atoms with Crippen LogP contribution < -0.4 is 5.32 Å². The van der Waals surface area contributed by atoms with Crippen molar-refractivity contribution in [1.29, 1.82) is 5.26 Å². The molecule has 1 unspecified atom stereocenters. The Kier molecular flexibility index (Phi) is 3.29. The number of nitrogens with zero attached hydrogens (tertiary/aromatic N) is 2. The molecular formula is C10H19N3. The molecule has 1 rings (SSSR count). The molecule has 1 fully saturated rings. The van der Waals surface area contributed by atoms with Gasteiger partial charge in [0.2, 0.25) is 0 Å². The zero-order chi connectivity index (χ0) is 9.90. The summed E-state index contributed by atoms with van der Waals surface area (Å²) in [6, 6.07) is 2.96. The van der Waals surface area contributed by atoms with E-state index in [4.69, 9.17) is 5.26 Å². The van der Waals surface area contributed by atoms with Crippen molar-refractivity contribution in [3.63, 3.8) is 0 Å². The largest absolute Gasteiger partial charge is 0.299 e. The lowest BCUT2D eigenvalue weighted by Crippen LogP contribution is -2.46. The van der Waals surface area contributed by atoms with Gasteiger partial charge in [-0.05, 0) is 26.8 Å². The van der Waals surface area contributed by atoms with E-state index >= 15 is 0 Å². The second-order valence-corrected chi connectivity index (χ2v) is 4.04. The van der Waals surface area contributed by atoms with Gasteiger partial charge >= 0.3 is 0 Å². The van der Waals surface area contributed by atoms with E-state index in [1.54, 1.807) is 0 Å². The van der Waals surface area contributed by atoms with Crippen LogP contribution in [0.25, 0.3) is 0 Å². The SMILES string of the molecule is CCNC1(C#N)CCN(C(C)C)C1. The minimum Gasteiger partial charge on any atom is -0.299 e. The van der Waals surface area contributed by atoms with Crippen LogP contribution in [0.3, 0.4) is 0 Å². The fraction of sp³-hybridized carbons (Fsp3) is 0.900. The number of hydrogen-bond donors (Lipinski definition) is 1.